The van der Waals surface area contributed by atoms with Gasteiger partial charge < -0.3 is 0 Å². The first kappa shape index (κ1) is 16.4. The summed E-state index contributed by atoms with van der Waals surface area (Å²) in [5, 5.41) is 0. The zero-order valence-corrected chi connectivity index (χ0v) is 13.2. The summed E-state index contributed by atoms with van der Waals surface area (Å²) >= 11 is 0. The Labute approximate surface area is 123 Å². The predicted molar refractivity (Wildman–Crippen MR) is 87.7 cm³/mol. The summed E-state index contributed by atoms with van der Waals surface area (Å²) in [6, 6.07) is 8.43. The summed E-state index contributed by atoms with van der Waals surface area (Å²) < 4.78 is 0. The lowest BCUT2D eigenvalue weighted by Crippen LogP contribution is -2.09. The van der Waals surface area contributed by atoms with Crippen LogP contribution >= 0.6 is 0 Å². The number of Topliss-reactive ketones (excluding diaryl/α,β-unsaturated/α-hetero) is 1. The van der Waals surface area contributed by atoms with Crippen molar-refractivity contribution in [2.24, 2.45) is 0 Å². The summed E-state index contributed by atoms with van der Waals surface area (Å²) in [5.74, 6) is 0.293. The molecule has 0 radical (unpaired) electrons. The van der Waals surface area contributed by atoms with E-state index in [4.69, 9.17) is 0 Å². The molecule has 108 valence electrons. The molecule has 0 aliphatic heterocycles. The molecule has 0 atom stereocenters. The van der Waals surface area contributed by atoms with Gasteiger partial charge in [-0.1, -0.05) is 62.8 Å². The summed E-state index contributed by atoms with van der Waals surface area (Å²) in [6.07, 6.45) is 7.93. The summed E-state index contributed by atoms with van der Waals surface area (Å²) in [4.78, 5) is 12.0. The SMILES string of the molecule is CC.CC/C=C(\C1=CCCCC1=O)c1ccc(C)cc1. The molecule has 0 saturated heterocycles. The summed E-state index contributed by atoms with van der Waals surface area (Å²) in [7, 11) is 0. The fourth-order valence-corrected chi connectivity index (χ4v) is 2.34. The van der Waals surface area contributed by atoms with Gasteiger partial charge in [0.2, 0.25) is 0 Å². The molecule has 2 rings (SSSR count). The molecule has 1 aromatic rings. The lowest BCUT2D eigenvalue weighted by Gasteiger charge is -2.16. The molecular formula is C19H26O. The van der Waals surface area contributed by atoms with Crippen LogP contribution in [-0.4, -0.2) is 5.78 Å². The van der Waals surface area contributed by atoms with Gasteiger partial charge in [-0.05, 0) is 37.3 Å². The minimum Gasteiger partial charge on any atom is -0.294 e. The minimum atomic E-state index is 0.293. The van der Waals surface area contributed by atoms with E-state index < -0.39 is 0 Å². The average molecular weight is 270 g/mol. The molecule has 0 bridgehead atoms. The Hall–Kier alpha value is -1.63. The number of carbonyl (C=O) groups excluding carboxylic acids is 1. The highest BCUT2D eigenvalue weighted by atomic mass is 16.1. The van der Waals surface area contributed by atoms with Crippen molar-refractivity contribution in [2.75, 3.05) is 0 Å². The van der Waals surface area contributed by atoms with Gasteiger partial charge in [0.25, 0.3) is 0 Å². The second-order valence-corrected chi connectivity index (χ2v) is 4.83. The van der Waals surface area contributed by atoms with Gasteiger partial charge in [-0.3, -0.25) is 4.79 Å². The first-order valence-electron chi connectivity index (χ1n) is 7.73. The van der Waals surface area contributed by atoms with Gasteiger partial charge in [0.15, 0.2) is 5.78 Å². The van der Waals surface area contributed by atoms with Crippen molar-refractivity contribution in [3.63, 3.8) is 0 Å². The quantitative estimate of drug-likeness (QED) is 0.709. The first-order chi connectivity index (χ1) is 9.72. The number of benzene rings is 1. The first-order valence-corrected chi connectivity index (χ1v) is 7.73. The van der Waals surface area contributed by atoms with Crippen LogP contribution in [0.25, 0.3) is 5.57 Å². The Bertz CT molecular complexity index is 489. The zero-order valence-electron chi connectivity index (χ0n) is 13.2. The molecule has 0 aromatic heterocycles. The van der Waals surface area contributed by atoms with Crippen molar-refractivity contribution in [1.82, 2.24) is 0 Å². The van der Waals surface area contributed by atoms with Crippen LogP contribution in [0.4, 0.5) is 0 Å². The maximum atomic E-state index is 12.0. The number of allylic oxidation sites excluding steroid dienone is 4. The van der Waals surface area contributed by atoms with Crippen LogP contribution in [0.5, 0.6) is 0 Å². The lowest BCUT2D eigenvalue weighted by atomic mass is 9.88. The molecule has 1 nitrogen and oxygen atoms in total. The molecule has 0 N–H and O–H groups in total. The topological polar surface area (TPSA) is 17.1 Å². The number of hydrogen-bond donors (Lipinski definition) is 0. The van der Waals surface area contributed by atoms with Crippen molar-refractivity contribution in [3.05, 3.63) is 53.1 Å². The van der Waals surface area contributed by atoms with Gasteiger partial charge >= 0.3 is 0 Å². The molecule has 1 aliphatic rings. The fourth-order valence-electron chi connectivity index (χ4n) is 2.34. The van der Waals surface area contributed by atoms with Crippen molar-refractivity contribution in [3.8, 4) is 0 Å². The van der Waals surface area contributed by atoms with E-state index in [0.29, 0.717) is 12.2 Å². The van der Waals surface area contributed by atoms with E-state index >= 15 is 0 Å². The fraction of sp³-hybridized carbons (Fsp3) is 0.421. The Balaban J connectivity index is 0.000000956. The number of rotatable bonds is 3. The number of carbonyl (C=O) groups is 1. The summed E-state index contributed by atoms with van der Waals surface area (Å²) in [5.41, 5.74) is 4.44. The molecule has 1 aromatic carbocycles. The van der Waals surface area contributed by atoms with Gasteiger partial charge in [-0.2, -0.15) is 0 Å². The average Bonchev–Trinajstić information content (AvgIpc) is 2.49. The van der Waals surface area contributed by atoms with E-state index in [2.05, 4.69) is 50.3 Å². The predicted octanol–water partition coefficient (Wildman–Crippen LogP) is 5.49. The molecule has 20 heavy (non-hydrogen) atoms. The van der Waals surface area contributed by atoms with E-state index in [1.807, 2.05) is 13.8 Å². The van der Waals surface area contributed by atoms with Gasteiger partial charge in [0.05, 0.1) is 0 Å². The molecule has 0 fully saturated rings. The minimum absolute atomic E-state index is 0.293. The molecule has 0 spiro atoms. The molecule has 0 saturated carbocycles. The highest BCUT2D eigenvalue weighted by Gasteiger charge is 2.18. The molecule has 1 heteroatoms. The van der Waals surface area contributed by atoms with Crippen molar-refractivity contribution in [1.29, 1.82) is 0 Å². The number of hydrogen-bond acceptors (Lipinski definition) is 1. The Morgan fingerprint density at radius 2 is 1.85 bits per heavy atom. The largest absolute Gasteiger partial charge is 0.294 e. The van der Waals surface area contributed by atoms with Crippen LogP contribution in [-0.2, 0) is 4.79 Å². The van der Waals surface area contributed by atoms with Crippen LogP contribution in [0.1, 0.15) is 57.6 Å². The Kier molecular flexibility index (Phi) is 7.00. The third-order valence-corrected chi connectivity index (χ3v) is 3.32. The monoisotopic (exact) mass is 270 g/mol. The van der Waals surface area contributed by atoms with Crippen LogP contribution in [0.2, 0.25) is 0 Å². The van der Waals surface area contributed by atoms with Gasteiger partial charge in [-0.25, -0.2) is 0 Å². The van der Waals surface area contributed by atoms with Gasteiger partial charge in [0, 0.05) is 12.0 Å². The number of ketones is 1. The molecule has 0 unspecified atom stereocenters. The van der Waals surface area contributed by atoms with E-state index in [-0.39, 0.29) is 0 Å². The van der Waals surface area contributed by atoms with E-state index in [0.717, 1.165) is 36.0 Å². The summed E-state index contributed by atoms with van der Waals surface area (Å²) in [6.45, 7) is 8.19. The Morgan fingerprint density at radius 3 is 2.40 bits per heavy atom. The third-order valence-electron chi connectivity index (χ3n) is 3.32. The second kappa shape index (κ2) is 8.52. The van der Waals surface area contributed by atoms with Gasteiger partial charge in [0.1, 0.15) is 0 Å². The molecular weight excluding hydrogens is 244 g/mol. The van der Waals surface area contributed by atoms with Gasteiger partial charge in [-0.15, -0.1) is 0 Å². The van der Waals surface area contributed by atoms with E-state index in [1.165, 1.54) is 5.56 Å². The maximum Gasteiger partial charge on any atom is 0.163 e. The zero-order chi connectivity index (χ0) is 15.0. The molecule has 0 amide bonds. The molecule has 0 heterocycles. The third kappa shape index (κ3) is 4.19. The molecule has 1 aliphatic carbocycles. The van der Waals surface area contributed by atoms with Crippen LogP contribution < -0.4 is 0 Å². The van der Waals surface area contributed by atoms with Crippen LogP contribution in [0.15, 0.2) is 42.0 Å². The maximum absolute atomic E-state index is 12.0. The van der Waals surface area contributed by atoms with Crippen LogP contribution in [0, 0.1) is 6.92 Å². The Morgan fingerprint density at radius 1 is 1.20 bits per heavy atom. The van der Waals surface area contributed by atoms with Crippen molar-refractivity contribution >= 4 is 11.4 Å². The van der Waals surface area contributed by atoms with Crippen LogP contribution in [0.3, 0.4) is 0 Å². The van der Waals surface area contributed by atoms with Crippen molar-refractivity contribution < 1.29 is 4.79 Å². The second-order valence-electron chi connectivity index (χ2n) is 4.83. The highest BCUT2D eigenvalue weighted by Crippen LogP contribution is 2.29. The normalized spacial score (nSPS) is 15.3. The van der Waals surface area contributed by atoms with E-state index in [1.54, 1.807) is 0 Å². The van der Waals surface area contributed by atoms with E-state index in [9.17, 15) is 4.79 Å². The standard InChI is InChI=1S/C17H20O.C2H6/c1-3-6-15(14-11-9-13(2)10-12-14)16-7-4-5-8-17(16)18;1-2/h6-7,9-12H,3-5,8H2,1-2H3;1-2H3/b15-6-;. The number of aryl methyl sites for hydroxylation is 1. The lowest BCUT2D eigenvalue weighted by molar-refractivity contribution is -0.115. The smallest absolute Gasteiger partial charge is 0.163 e. The highest BCUT2D eigenvalue weighted by molar-refractivity contribution is 6.10. The van der Waals surface area contributed by atoms with Crippen molar-refractivity contribution in [2.45, 2.75) is 53.4 Å².